The lowest BCUT2D eigenvalue weighted by molar-refractivity contribution is -0.144. The largest absolute Gasteiger partial charge is 0.481 e. The predicted molar refractivity (Wildman–Crippen MR) is 108 cm³/mol. The molecule has 30 heavy (non-hydrogen) atoms. The van der Waals surface area contributed by atoms with Crippen LogP contribution in [0.15, 0.2) is 27.4 Å². The summed E-state index contributed by atoms with van der Waals surface area (Å²) < 4.78 is 11.0. The summed E-state index contributed by atoms with van der Waals surface area (Å²) in [6.07, 6.45) is -0.121. The molecule has 9 nitrogen and oxygen atoms in total. The van der Waals surface area contributed by atoms with E-state index in [1.807, 2.05) is 6.92 Å². The summed E-state index contributed by atoms with van der Waals surface area (Å²) in [4.78, 5) is 46.2. The van der Waals surface area contributed by atoms with Crippen molar-refractivity contribution in [2.45, 2.75) is 58.6 Å². The second kappa shape index (κ2) is 9.91. The number of ether oxygens (including phenoxy) is 1. The number of carboxylic acids is 2. The molecule has 0 bridgehead atoms. The van der Waals surface area contributed by atoms with Gasteiger partial charge in [-0.3, -0.25) is 9.59 Å². The minimum atomic E-state index is -1.34. The van der Waals surface area contributed by atoms with Crippen molar-refractivity contribution in [1.82, 2.24) is 5.32 Å². The average molecular weight is 419 g/mol. The summed E-state index contributed by atoms with van der Waals surface area (Å²) >= 11 is 0. The van der Waals surface area contributed by atoms with Gasteiger partial charge in [0.25, 0.3) is 5.91 Å². The van der Waals surface area contributed by atoms with E-state index in [0.717, 1.165) is 17.4 Å². The highest BCUT2D eigenvalue weighted by Gasteiger charge is 2.25. The van der Waals surface area contributed by atoms with Gasteiger partial charge in [0.2, 0.25) is 0 Å². The van der Waals surface area contributed by atoms with Gasteiger partial charge >= 0.3 is 17.6 Å². The molecule has 0 saturated heterocycles. The number of hydrogen-bond donors (Lipinski definition) is 3. The Morgan fingerprint density at radius 2 is 1.93 bits per heavy atom. The van der Waals surface area contributed by atoms with Crippen molar-refractivity contribution in [3.05, 3.63) is 39.7 Å². The van der Waals surface area contributed by atoms with Gasteiger partial charge in [-0.25, -0.2) is 9.59 Å². The average Bonchev–Trinajstić information content (AvgIpc) is 2.67. The van der Waals surface area contributed by atoms with Crippen LogP contribution in [0.3, 0.4) is 0 Å². The number of carbonyl (C=O) groups excluding carboxylic acids is 1. The lowest BCUT2D eigenvalue weighted by atomic mass is 10.0. The smallest absolute Gasteiger partial charge is 0.336 e. The Hall–Kier alpha value is -3.36. The van der Waals surface area contributed by atoms with Crippen molar-refractivity contribution in [1.29, 1.82) is 0 Å². The van der Waals surface area contributed by atoms with Gasteiger partial charge in [0.15, 0.2) is 6.10 Å². The maximum absolute atomic E-state index is 12.4. The van der Waals surface area contributed by atoms with Gasteiger partial charge < -0.3 is 24.7 Å². The fourth-order valence-corrected chi connectivity index (χ4v) is 3.07. The van der Waals surface area contributed by atoms with Crippen molar-refractivity contribution >= 4 is 28.8 Å². The van der Waals surface area contributed by atoms with E-state index >= 15 is 0 Å². The normalized spacial score (nSPS) is 12.9. The minimum absolute atomic E-state index is 0.247. The topological polar surface area (TPSA) is 143 Å². The molecule has 2 aromatic rings. The number of benzene rings is 1. The molecule has 0 radical (unpaired) electrons. The van der Waals surface area contributed by atoms with E-state index in [4.69, 9.17) is 14.3 Å². The highest BCUT2D eigenvalue weighted by molar-refractivity contribution is 5.87. The zero-order chi connectivity index (χ0) is 22.4. The van der Waals surface area contributed by atoms with Crippen LogP contribution >= 0.6 is 0 Å². The number of carboxylic acid groups (broad SMARTS) is 2. The van der Waals surface area contributed by atoms with Gasteiger partial charge in [-0.2, -0.15) is 0 Å². The first-order chi connectivity index (χ1) is 14.1. The van der Waals surface area contributed by atoms with Crippen LogP contribution in [0.4, 0.5) is 0 Å². The van der Waals surface area contributed by atoms with Gasteiger partial charge in [-0.15, -0.1) is 0 Å². The molecule has 2 atom stereocenters. The van der Waals surface area contributed by atoms with Gasteiger partial charge in [-0.05, 0) is 44.4 Å². The van der Waals surface area contributed by atoms with E-state index in [0.29, 0.717) is 23.3 Å². The molecule has 1 unspecified atom stereocenters. The second-order valence-electron chi connectivity index (χ2n) is 7.00. The third-order valence-corrected chi connectivity index (χ3v) is 4.65. The van der Waals surface area contributed by atoms with E-state index < -0.39 is 42.0 Å². The van der Waals surface area contributed by atoms with E-state index in [-0.39, 0.29) is 6.42 Å². The first kappa shape index (κ1) is 22.9. The molecule has 0 aliphatic carbocycles. The molecule has 162 valence electrons. The number of fused-ring (bicyclic) bond motifs is 1. The van der Waals surface area contributed by atoms with Crippen LogP contribution in [0.1, 0.15) is 44.2 Å². The van der Waals surface area contributed by atoms with E-state index in [9.17, 15) is 24.3 Å². The molecule has 0 aliphatic heterocycles. The highest BCUT2D eigenvalue weighted by Crippen LogP contribution is 2.29. The number of aryl methyl sites for hydroxylation is 2. The van der Waals surface area contributed by atoms with Crippen LogP contribution in [0.2, 0.25) is 0 Å². The first-order valence-corrected chi connectivity index (χ1v) is 9.62. The molecule has 0 spiro atoms. The first-order valence-electron chi connectivity index (χ1n) is 9.62. The molecule has 0 fully saturated rings. The van der Waals surface area contributed by atoms with Gasteiger partial charge in [0.1, 0.15) is 17.4 Å². The van der Waals surface area contributed by atoms with Gasteiger partial charge in [0.05, 0.1) is 0 Å². The summed E-state index contributed by atoms with van der Waals surface area (Å²) in [5.41, 5.74) is 1.32. The summed E-state index contributed by atoms with van der Waals surface area (Å²) in [6, 6.07) is 3.54. The zero-order valence-corrected chi connectivity index (χ0v) is 17.1. The summed E-state index contributed by atoms with van der Waals surface area (Å²) in [6.45, 7) is 5.15. The fourth-order valence-electron chi connectivity index (χ4n) is 3.07. The Kier molecular flexibility index (Phi) is 7.57. The lowest BCUT2D eigenvalue weighted by Crippen LogP contribution is -2.46. The molecule has 0 aliphatic rings. The molecule has 1 amide bonds. The molecule has 1 heterocycles. The number of amides is 1. The Labute approximate surface area is 172 Å². The third kappa shape index (κ3) is 5.59. The van der Waals surface area contributed by atoms with Crippen LogP contribution in [-0.2, 0) is 20.8 Å². The number of rotatable bonds is 10. The van der Waals surface area contributed by atoms with E-state index in [1.54, 1.807) is 19.1 Å². The van der Waals surface area contributed by atoms with Crippen molar-refractivity contribution in [3.63, 3.8) is 0 Å². The second-order valence-corrected chi connectivity index (χ2v) is 7.00. The zero-order valence-electron chi connectivity index (χ0n) is 17.1. The highest BCUT2D eigenvalue weighted by atomic mass is 16.5. The standard InChI is InChI=1S/C21H25NO8/c1-4-5-13-10-18(25)30-19-11(2)16(8-6-14(13)19)29-12(3)20(26)22-15(21(27)28)7-9-17(23)24/h6,8,10,12,15H,4-5,7,9H2,1-3H3,(H,22,26)(H,23,24)(H,27,28)/t12?,15-/m0/s1. The molecular formula is C21H25NO8. The van der Waals surface area contributed by atoms with Crippen molar-refractivity contribution < 1.29 is 33.8 Å². The molecule has 9 heteroatoms. The Morgan fingerprint density at radius 1 is 1.23 bits per heavy atom. The maximum atomic E-state index is 12.4. The van der Waals surface area contributed by atoms with Crippen LogP contribution in [0, 0.1) is 6.92 Å². The maximum Gasteiger partial charge on any atom is 0.336 e. The Balaban J connectivity index is 2.21. The Morgan fingerprint density at radius 3 is 2.53 bits per heavy atom. The minimum Gasteiger partial charge on any atom is -0.481 e. The summed E-state index contributed by atoms with van der Waals surface area (Å²) in [5.74, 6) is -2.87. The predicted octanol–water partition coefficient (Wildman–Crippen LogP) is 2.26. The third-order valence-electron chi connectivity index (χ3n) is 4.65. The van der Waals surface area contributed by atoms with Crippen LogP contribution in [0.25, 0.3) is 11.0 Å². The van der Waals surface area contributed by atoms with Gasteiger partial charge in [-0.1, -0.05) is 13.3 Å². The monoisotopic (exact) mass is 419 g/mol. The number of hydrogen-bond acceptors (Lipinski definition) is 6. The molecule has 2 rings (SSSR count). The molecule has 1 aromatic heterocycles. The molecule has 0 saturated carbocycles. The number of aliphatic carboxylic acids is 2. The van der Waals surface area contributed by atoms with Crippen LogP contribution < -0.4 is 15.7 Å². The van der Waals surface area contributed by atoms with Crippen molar-refractivity contribution in [3.8, 4) is 5.75 Å². The molecule has 1 aromatic carbocycles. The summed E-state index contributed by atoms with van der Waals surface area (Å²) in [5, 5.41) is 21.0. The van der Waals surface area contributed by atoms with E-state index in [1.165, 1.54) is 13.0 Å². The SMILES string of the molecule is CCCc1cc(=O)oc2c(C)c(OC(C)C(=O)N[C@@H](CCC(=O)O)C(=O)O)ccc12. The number of carbonyl (C=O) groups is 3. The summed E-state index contributed by atoms with van der Waals surface area (Å²) in [7, 11) is 0. The lowest BCUT2D eigenvalue weighted by Gasteiger charge is -2.20. The fraction of sp³-hybridized carbons (Fsp3) is 0.429. The quantitative estimate of drug-likeness (QED) is 0.498. The van der Waals surface area contributed by atoms with Crippen LogP contribution in [-0.4, -0.2) is 40.2 Å². The Bertz CT molecular complexity index is 1010. The van der Waals surface area contributed by atoms with Crippen molar-refractivity contribution in [2.75, 3.05) is 0 Å². The van der Waals surface area contributed by atoms with Crippen molar-refractivity contribution in [2.24, 2.45) is 0 Å². The van der Waals surface area contributed by atoms with Gasteiger partial charge in [0, 0.05) is 23.4 Å². The molecule has 3 N–H and O–H groups in total. The van der Waals surface area contributed by atoms with Crippen LogP contribution in [0.5, 0.6) is 5.75 Å². The molecular weight excluding hydrogens is 394 g/mol. The van der Waals surface area contributed by atoms with E-state index in [2.05, 4.69) is 5.32 Å². The number of nitrogens with one attached hydrogen (secondary N) is 1.